The maximum Gasteiger partial charge on any atom is 0.0188 e. The fraction of sp³-hybridized carbons (Fsp3) is 1.00. The number of hydrogen-bond acceptors (Lipinski definition) is 3. The molecule has 0 aromatic rings. The van der Waals surface area contributed by atoms with E-state index < -0.39 is 0 Å². The van der Waals surface area contributed by atoms with Gasteiger partial charge in [0, 0.05) is 19.1 Å². The first-order valence-corrected chi connectivity index (χ1v) is 6.73. The molecule has 96 valence electrons. The topological polar surface area (TPSA) is 18.5 Å². The van der Waals surface area contributed by atoms with Crippen molar-refractivity contribution < 1.29 is 0 Å². The third kappa shape index (κ3) is 4.81. The van der Waals surface area contributed by atoms with Crippen LogP contribution >= 0.6 is 0 Å². The highest BCUT2D eigenvalue weighted by molar-refractivity contribution is 4.79. The Morgan fingerprint density at radius 2 is 2.19 bits per heavy atom. The smallest absolute Gasteiger partial charge is 0.0188 e. The van der Waals surface area contributed by atoms with E-state index in [0.29, 0.717) is 6.04 Å². The van der Waals surface area contributed by atoms with Gasteiger partial charge in [0.05, 0.1) is 0 Å². The Morgan fingerprint density at radius 3 is 2.81 bits per heavy atom. The SMILES string of the molecule is CCCNCC1CCN(CC(C)N(C)C)C1. The molecule has 3 heteroatoms. The lowest BCUT2D eigenvalue weighted by atomic mass is 10.1. The zero-order valence-electron chi connectivity index (χ0n) is 11.5. The van der Waals surface area contributed by atoms with Gasteiger partial charge < -0.3 is 15.1 Å². The van der Waals surface area contributed by atoms with Crippen LogP contribution < -0.4 is 5.32 Å². The molecule has 1 rings (SSSR count). The largest absolute Gasteiger partial charge is 0.316 e. The molecule has 2 atom stereocenters. The molecule has 1 heterocycles. The number of nitrogens with one attached hydrogen (secondary N) is 1. The molecule has 0 radical (unpaired) electrons. The van der Waals surface area contributed by atoms with E-state index in [9.17, 15) is 0 Å². The van der Waals surface area contributed by atoms with Crippen molar-refractivity contribution in [2.75, 3.05) is 46.8 Å². The summed E-state index contributed by atoms with van der Waals surface area (Å²) in [6, 6.07) is 0.669. The van der Waals surface area contributed by atoms with Crippen molar-refractivity contribution >= 4 is 0 Å². The van der Waals surface area contributed by atoms with Crippen LogP contribution in [0.1, 0.15) is 26.7 Å². The molecule has 1 fully saturated rings. The van der Waals surface area contributed by atoms with Crippen LogP contribution in [0.3, 0.4) is 0 Å². The first-order valence-electron chi connectivity index (χ1n) is 6.73. The summed E-state index contributed by atoms with van der Waals surface area (Å²) >= 11 is 0. The zero-order valence-corrected chi connectivity index (χ0v) is 11.5. The first-order chi connectivity index (χ1) is 7.63. The molecule has 3 nitrogen and oxygen atoms in total. The van der Waals surface area contributed by atoms with Crippen LogP contribution in [0.15, 0.2) is 0 Å². The van der Waals surface area contributed by atoms with Crippen LogP contribution in [-0.2, 0) is 0 Å². The standard InChI is InChI=1S/C13H29N3/c1-5-7-14-9-13-6-8-16(11-13)10-12(2)15(3)4/h12-14H,5-11H2,1-4H3. The predicted molar refractivity (Wildman–Crippen MR) is 70.9 cm³/mol. The average Bonchev–Trinajstić information content (AvgIpc) is 2.66. The lowest BCUT2D eigenvalue weighted by Crippen LogP contribution is -2.38. The van der Waals surface area contributed by atoms with E-state index in [4.69, 9.17) is 0 Å². The number of hydrogen-bond donors (Lipinski definition) is 1. The van der Waals surface area contributed by atoms with Gasteiger partial charge in [-0.15, -0.1) is 0 Å². The fourth-order valence-electron chi connectivity index (χ4n) is 2.27. The minimum Gasteiger partial charge on any atom is -0.316 e. The highest BCUT2D eigenvalue weighted by Crippen LogP contribution is 2.16. The monoisotopic (exact) mass is 227 g/mol. The maximum atomic E-state index is 3.54. The summed E-state index contributed by atoms with van der Waals surface area (Å²) in [6.07, 6.45) is 2.62. The average molecular weight is 227 g/mol. The van der Waals surface area contributed by atoms with E-state index in [2.05, 4.69) is 43.1 Å². The van der Waals surface area contributed by atoms with Crippen molar-refractivity contribution in [3.05, 3.63) is 0 Å². The maximum absolute atomic E-state index is 3.54. The van der Waals surface area contributed by atoms with E-state index >= 15 is 0 Å². The number of likely N-dealkylation sites (N-methyl/N-ethyl adjacent to an activating group) is 1. The highest BCUT2D eigenvalue weighted by Gasteiger charge is 2.23. The minimum absolute atomic E-state index is 0.669. The van der Waals surface area contributed by atoms with Crippen LogP contribution in [0, 0.1) is 5.92 Å². The third-order valence-electron chi connectivity index (χ3n) is 3.63. The third-order valence-corrected chi connectivity index (χ3v) is 3.63. The van der Waals surface area contributed by atoms with E-state index in [0.717, 1.165) is 5.92 Å². The molecule has 2 unspecified atom stereocenters. The van der Waals surface area contributed by atoms with Crippen molar-refractivity contribution in [3.63, 3.8) is 0 Å². The van der Waals surface area contributed by atoms with Crippen LogP contribution in [0.25, 0.3) is 0 Å². The second kappa shape index (κ2) is 7.25. The molecular formula is C13H29N3. The van der Waals surface area contributed by atoms with Crippen molar-refractivity contribution in [2.24, 2.45) is 5.92 Å². The van der Waals surface area contributed by atoms with Crippen molar-refractivity contribution in [1.29, 1.82) is 0 Å². The quantitative estimate of drug-likeness (QED) is 0.661. The summed E-state index contributed by atoms with van der Waals surface area (Å²) < 4.78 is 0. The number of nitrogens with zero attached hydrogens (tertiary/aromatic N) is 2. The highest BCUT2D eigenvalue weighted by atomic mass is 15.2. The number of rotatable bonds is 7. The molecule has 16 heavy (non-hydrogen) atoms. The van der Waals surface area contributed by atoms with Crippen LogP contribution in [0.5, 0.6) is 0 Å². The molecule has 0 bridgehead atoms. The van der Waals surface area contributed by atoms with Gasteiger partial charge in [-0.2, -0.15) is 0 Å². The molecule has 0 amide bonds. The Hall–Kier alpha value is -0.120. The van der Waals surface area contributed by atoms with Gasteiger partial charge in [0.2, 0.25) is 0 Å². The normalized spacial score (nSPS) is 24.2. The molecule has 1 N–H and O–H groups in total. The van der Waals surface area contributed by atoms with Crippen molar-refractivity contribution in [2.45, 2.75) is 32.7 Å². The Labute approximate surface area is 101 Å². The molecule has 1 aliphatic rings. The summed E-state index contributed by atoms with van der Waals surface area (Å²) in [5.41, 5.74) is 0. The lowest BCUT2D eigenvalue weighted by molar-refractivity contribution is 0.215. The van der Waals surface area contributed by atoms with E-state index in [1.165, 1.54) is 45.6 Å². The Balaban J connectivity index is 2.14. The van der Waals surface area contributed by atoms with Gasteiger partial charge in [-0.05, 0) is 59.4 Å². The van der Waals surface area contributed by atoms with Crippen LogP contribution in [-0.4, -0.2) is 62.7 Å². The second-order valence-electron chi connectivity index (χ2n) is 5.43. The summed E-state index contributed by atoms with van der Waals surface area (Å²) in [6.45, 7) is 10.7. The molecule has 0 aromatic heterocycles. The van der Waals surface area contributed by atoms with E-state index in [1.54, 1.807) is 0 Å². The molecule has 0 spiro atoms. The van der Waals surface area contributed by atoms with Crippen LogP contribution in [0.2, 0.25) is 0 Å². The summed E-state index contributed by atoms with van der Waals surface area (Å²) in [4.78, 5) is 4.92. The summed E-state index contributed by atoms with van der Waals surface area (Å²) in [5.74, 6) is 0.876. The molecule has 0 saturated carbocycles. The van der Waals surface area contributed by atoms with Gasteiger partial charge in [0.25, 0.3) is 0 Å². The lowest BCUT2D eigenvalue weighted by Gasteiger charge is -2.25. The van der Waals surface area contributed by atoms with E-state index in [1.807, 2.05) is 0 Å². The molecular weight excluding hydrogens is 198 g/mol. The fourth-order valence-corrected chi connectivity index (χ4v) is 2.27. The van der Waals surface area contributed by atoms with Crippen LogP contribution in [0.4, 0.5) is 0 Å². The minimum atomic E-state index is 0.669. The van der Waals surface area contributed by atoms with Crippen molar-refractivity contribution in [1.82, 2.24) is 15.1 Å². The van der Waals surface area contributed by atoms with Gasteiger partial charge in [-0.25, -0.2) is 0 Å². The molecule has 1 saturated heterocycles. The Bertz CT molecular complexity index is 182. The van der Waals surface area contributed by atoms with Gasteiger partial charge in [0.1, 0.15) is 0 Å². The van der Waals surface area contributed by atoms with Gasteiger partial charge in [-0.1, -0.05) is 6.92 Å². The van der Waals surface area contributed by atoms with Gasteiger partial charge >= 0.3 is 0 Å². The van der Waals surface area contributed by atoms with Gasteiger partial charge in [0.15, 0.2) is 0 Å². The Kier molecular flexibility index (Phi) is 6.32. The summed E-state index contributed by atoms with van der Waals surface area (Å²) in [5, 5.41) is 3.54. The Morgan fingerprint density at radius 1 is 1.44 bits per heavy atom. The molecule has 1 aliphatic heterocycles. The van der Waals surface area contributed by atoms with Gasteiger partial charge in [-0.3, -0.25) is 0 Å². The second-order valence-corrected chi connectivity index (χ2v) is 5.43. The first kappa shape index (κ1) is 13.9. The molecule has 0 aliphatic carbocycles. The number of likely N-dealkylation sites (tertiary alicyclic amines) is 1. The predicted octanol–water partition coefficient (Wildman–Crippen LogP) is 1.26. The zero-order chi connectivity index (χ0) is 12.0. The van der Waals surface area contributed by atoms with Crippen molar-refractivity contribution in [3.8, 4) is 0 Å². The summed E-state index contributed by atoms with van der Waals surface area (Å²) in [7, 11) is 4.34. The molecule has 0 aromatic carbocycles. The van der Waals surface area contributed by atoms with E-state index in [-0.39, 0.29) is 0 Å².